The van der Waals surface area contributed by atoms with Crippen LogP contribution in [0.25, 0.3) is 0 Å². The second-order valence-corrected chi connectivity index (χ2v) is 4.68. The molecule has 0 fully saturated rings. The van der Waals surface area contributed by atoms with Gasteiger partial charge < -0.3 is 0 Å². The van der Waals surface area contributed by atoms with Crippen LogP contribution in [0.5, 0.6) is 0 Å². The van der Waals surface area contributed by atoms with Gasteiger partial charge in [-0.05, 0) is 24.2 Å². The molecule has 0 aromatic carbocycles. The van der Waals surface area contributed by atoms with Gasteiger partial charge in [-0.2, -0.15) is 0 Å². The van der Waals surface area contributed by atoms with Crippen molar-refractivity contribution >= 4 is 5.71 Å². The maximum absolute atomic E-state index is 4.60. The topological polar surface area (TPSA) is 12.4 Å². The van der Waals surface area contributed by atoms with Crippen LogP contribution >= 0.6 is 0 Å². The number of nitrogens with zero attached hydrogens (tertiary/aromatic N) is 1. The van der Waals surface area contributed by atoms with Crippen molar-refractivity contribution in [2.75, 3.05) is 6.54 Å². The first-order valence-corrected chi connectivity index (χ1v) is 4.54. The summed E-state index contributed by atoms with van der Waals surface area (Å²) in [5, 5.41) is 0. The molecule has 0 aliphatic carbocycles. The monoisotopic (exact) mass is 153 g/mol. The molecule has 0 spiro atoms. The van der Waals surface area contributed by atoms with E-state index in [1.165, 1.54) is 18.6 Å². The van der Waals surface area contributed by atoms with Crippen molar-refractivity contribution < 1.29 is 0 Å². The van der Waals surface area contributed by atoms with Gasteiger partial charge in [-0.25, -0.2) is 0 Å². The second kappa shape index (κ2) is 2.96. The van der Waals surface area contributed by atoms with E-state index in [9.17, 15) is 0 Å². The predicted octanol–water partition coefficient (Wildman–Crippen LogP) is 2.90. The van der Waals surface area contributed by atoms with Crippen LogP contribution in [0.2, 0.25) is 0 Å². The van der Waals surface area contributed by atoms with E-state index in [0.29, 0.717) is 5.41 Å². The summed E-state index contributed by atoms with van der Waals surface area (Å²) in [6.07, 6.45) is 2.54. The van der Waals surface area contributed by atoms with E-state index in [1.54, 1.807) is 0 Å². The van der Waals surface area contributed by atoms with Crippen molar-refractivity contribution in [3.63, 3.8) is 0 Å². The number of hydrogen-bond acceptors (Lipinski definition) is 1. The summed E-state index contributed by atoms with van der Waals surface area (Å²) >= 11 is 0. The third-order valence-corrected chi connectivity index (χ3v) is 2.33. The summed E-state index contributed by atoms with van der Waals surface area (Å²) in [6.45, 7) is 10.1. The van der Waals surface area contributed by atoms with E-state index >= 15 is 0 Å². The Morgan fingerprint density at radius 2 is 2.00 bits per heavy atom. The minimum atomic E-state index is 0.306. The van der Waals surface area contributed by atoms with Crippen LogP contribution in [0, 0.1) is 11.3 Å². The molecule has 0 bridgehead atoms. The van der Waals surface area contributed by atoms with Crippen LogP contribution in [0.4, 0.5) is 0 Å². The van der Waals surface area contributed by atoms with Crippen LogP contribution in [0.1, 0.15) is 40.5 Å². The molecule has 0 saturated heterocycles. The highest BCUT2D eigenvalue weighted by molar-refractivity contribution is 5.89. The van der Waals surface area contributed by atoms with Crippen LogP contribution in [-0.4, -0.2) is 12.3 Å². The van der Waals surface area contributed by atoms with Gasteiger partial charge in [0, 0.05) is 12.3 Å². The Morgan fingerprint density at radius 3 is 2.36 bits per heavy atom. The molecule has 0 N–H and O–H groups in total. The van der Waals surface area contributed by atoms with Crippen LogP contribution < -0.4 is 0 Å². The standard InChI is InChI=1S/C10H19N/c1-8-5-6-9(11-7-8)10(2,3)4/h8H,5-7H2,1-4H3/t8-/m0/s1. The summed E-state index contributed by atoms with van der Waals surface area (Å²) < 4.78 is 0. The fourth-order valence-corrected chi connectivity index (χ4v) is 1.43. The summed E-state index contributed by atoms with van der Waals surface area (Å²) in [7, 11) is 0. The largest absolute Gasteiger partial charge is 0.293 e. The van der Waals surface area contributed by atoms with E-state index in [1.807, 2.05) is 0 Å². The molecule has 0 aromatic rings. The Morgan fingerprint density at radius 1 is 1.36 bits per heavy atom. The lowest BCUT2D eigenvalue weighted by Gasteiger charge is -2.26. The second-order valence-electron chi connectivity index (χ2n) is 4.68. The van der Waals surface area contributed by atoms with E-state index in [0.717, 1.165) is 12.5 Å². The van der Waals surface area contributed by atoms with Gasteiger partial charge in [0.2, 0.25) is 0 Å². The Hall–Kier alpha value is -0.330. The van der Waals surface area contributed by atoms with E-state index in [2.05, 4.69) is 32.7 Å². The van der Waals surface area contributed by atoms with E-state index in [4.69, 9.17) is 0 Å². The molecule has 0 aromatic heterocycles. The van der Waals surface area contributed by atoms with Crippen LogP contribution in [0.3, 0.4) is 0 Å². The molecule has 64 valence electrons. The third kappa shape index (κ3) is 2.32. The Labute approximate surface area is 69.9 Å². The maximum Gasteiger partial charge on any atom is 0.0414 e. The number of hydrogen-bond donors (Lipinski definition) is 0. The first kappa shape index (κ1) is 8.76. The zero-order valence-electron chi connectivity index (χ0n) is 8.15. The van der Waals surface area contributed by atoms with E-state index < -0.39 is 0 Å². The molecule has 0 radical (unpaired) electrons. The average molecular weight is 153 g/mol. The van der Waals surface area contributed by atoms with Crippen molar-refractivity contribution in [3.05, 3.63) is 0 Å². The molecule has 0 unspecified atom stereocenters. The first-order valence-electron chi connectivity index (χ1n) is 4.54. The molecular weight excluding hydrogens is 134 g/mol. The smallest absolute Gasteiger partial charge is 0.0414 e. The van der Waals surface area contributed by atoms with E-state index in [-0.39, 0.29) is 0 Å². The lowest BCUT2D eigenvalue weighted by Crippen LogP contribution is -2.25. The van der Waals surface area contributed by atoms with Crippen molar-refractivity contribution in [2.24, 2.45) is 16.3 Å². The molecule has 1 heterocycles. The molecular formula is C10H19N. The maximum atomic E-state index is 4.60. The van der Waals surface area contributed by atoms with Gasteiger partial charge in [0.15, 0.2) is 0 Å². The van der Waals surface area contributed by atoms with Gasteiger partial charge in [0.1, 0.15) is 0 Å². The van der Waals surface area contributed by atoms with Crippen LogP contribution in [0.15, 0.2) is 4.99 Å². The summed E-state index contributed by atoms with van der Waals surface area (Å²) in [6, 6.07) is 0. The zero-order chi connectivity index (χ0) is 8.48. The van der Waals surface area contributed by atoms with Gasteiger partial charge in [-0.1, -0.05) is 27.7 Å². The van der Waals surface area contributed by atoms with Gasteiger partial charge in [0.25, 0.3) is 0 Å². The quantitative estimate of drug-likeness (QED) is 0.507. The Kier molecular flexibility index (Phi) is 2.36. The van der Waals surface area contributed by atoms with Crippen molar-refractivity contribution in [1.29, 1.82) is 0 Å². The predicted molar refractivity (Wildman–Crippen MR) is 50.2 cm³/mol. The van der Waals surface area contributed by atoms with Crippen molar-refractivity contribution in [3.8, 4) is 0 Å². The molecule has 1 rings (SSSR count). The lowest BCUT2D eigenvalue weighted by atomic mass is 9.84. The number of aliphatic imine (C=N–C) groups is 1. The fraction of sp³-hybridized carbons (Fsp3) is 0.900. The summed E-state index contributed by atoms with van der Waals surface area (Å²) in [5.41, 5.74) is 1.72. The molecule has 1 aliphatic rings. The highest BCUT2D eigenvalue weighted by Gasteiger charge is 2.21. The van der Waals surface area contributed by atoms with Gasteiger partial charge >= 0.3 is 0 Å². The fourth-order valence-electron chi connectivity index (χ4n) is 1.43. The molecule has 11 heavy (non-hydrogen) atoms. The van der Waals surface area contributed by atoms with Crippen molar-refractivity contribution in [1.82, 2.24) is 0 Å². The SMILES string of the molecule is C[C@H]1CCC(C(C)(C)C)=NC1. The highest BCUT2D eigenvalue weighted by atomic mass is 14.8. The molecule has 1 aliphatic heterocycles. The molecule has 1 nitrogen and oxygen atoms in total. The minimum absolute atomic E-state index is 0.306. The van der Waals surface area contributed by atoms with Gasteiger partial charge in [-0.15, -0.1) is 0 Å². The minimum Gasteiger partial charge on any atom is -0.293 e. The van der Waals surface area contributed by atoms with Gasteiger partial charge in [-0.3, -0.25) is 4.99 Å². The molecule has 0 amide bonds. The molecule has 0 saturated carbocycles. The summed E-state index contributed by atoms with van der Waals surface area (Å²) in [4.78, 5) is 4.60. The zero-order valence-corrected chi connectivity index (χ0v) is 8.15. The molecule has 1 atom stereocenters. The average Bonchev–Trinajstić information content (AvgIpc) is 1.86. The number of rotatable bonds is 0. The lowest BCUT2D eigenvalue weighted by molar-refractivity contribution is 0.490. The Balaban J connectivity index is 2.62. The Bertz CT molecular complexity index is 162. The third-order valence-electron chi connectivity index (χ3n) is 2.33. The molecule has 1 heteroatoms. The normalized spacial score (nSPS) is 26.5. The first-order chi connectivity index (χ1) is 5.00. The van der Waals surface area contributed by atoms with Crippen LogP contribution in [-0.2, 0) is 0 Å². The summed E-state index contributed by atoms with van der Waals surface area (Å²) in [5.74, 6) is 0.807. The van der Waals surface area contributed by atoms with Crippen molar-refractivity contribution in [2.45, 2.75) is 40.5 Å². The van der Waals surface area contributed by atoms with Gasteiger partial charge in [0.05, 0.1) is 0 Å². The highest BCUT2D eigenvalue weighted by Crippen LogP contribution is 2.24.